The second-order valence-electron chi connectivity index (χ2n) is 5.00. The SMILES string of the molecule is CS(=O)(=O)NCC1CCN(C(=O)c2nc(Cl)c(C(F)F)s2)C1. The van der Waals surface area contributed by atoms with Crippen LogP contribution < -0.4 is 4.72 Å². The van der Waals surface area contributed by atoms with Gasteiger partial charge in [-0.2, -0.15) is 0 Å². The van der Waals surface area contributed by atoms with Gasteiger partial charge >= 0.3 is 0 Å². The number of hydrogen-bond donors (Lipinski definition) is 1. The third-order valence-corrected chi connectivity index (χ3v) is 5.34. The summed E-state index contributed by atoms with van der Waals surface area (Å²) in [6, 6.07) is 0. The van der Waals surface area contributed by atoms with E-state index in [2.05, 4.69) is 9.71 Å². The van der Waals surface area contributed by atoms with Crippen LogP contribution in [0.4, 0.5) is 8.78 Å². The maximum Gasteiger partial charge on any atom is 0.282 e. The van der Waals surface area contributed by atoms with Gasteiger partial charge in [0.15, 0.2) is 5.01 Å². The van der Waals surface area contributed by atoms with E-state index < -0.39 is 27.2 Å². The van der Waals surface area contributed by atoms with Crippen molar-refractivity contribution in [3.05, 3.63) is 15.0 Å². The van der Waals surface area contributed by atoms with E-state index in [1.807, 2.05) is 0 Å². The number of rotatable bonds is 5. The molecule has 6 nitrogen and oxygen atoms in total. The average molecular weight is 374 g/mol. The van der Waals surface area contributed by atoms with E-state index in [4.69, 9.17) is 11.6 Å². The first-order valence-electron chi connectivity index (χ1n) is 6.35. The maximum absolute atomic E-state index is 12.7. The molecule has 1 unspecified atom stereocenters. The van der Waals surface area contributed by atoms with Gasteiger partial charge in [0.1, 0.15) is 10.0 Å². The number of likely N-dealkylation sites (tertiary alicyclic amines) is 1. The molecular formula is C11H14ClF2N3O3S2. The highest BCUT2D eigenvalue weighted by atomic mass is 35.5. The van der Waals surface area contributed by atoms with Crippen molar-refractivity contribution in [3.63, 3.8) is 0 Å². The zero-order chi connectivity index (χ0) is 16.5. The minimum atomic E-state index is -3.28. The monoisotopic (exact) mass is 373 g/mol. The van der Waals surface area contributed by atoms with Crippen LogP contribution in [0.3, 0.4) is 0 Å². The van der Waals surface area contributed by atoms with Gasteiger partial charge in [-0.1, -0.05) is 11.6 Å². The number of alkyl halides is 2. The van der Waals surface area contributed by atoms with Gasteiger partial charge in [0.05, 0.1) is 6.26 Å². The lowest BCUT2D eigenvalue weighted by Gasteiger charge is -2.15. The summed E-state index contributed by atoms with van der Waals surface area (Å²) < 4.78 is 49.8. The predicted octanol–water partition coefficient (Wildman–Crippen LogP) is 1.75. The van der Waals surface area contributed by atoms with E-state index in [-0.39, 0.29) is 22.6 Å². The molecule has 0 saturated carbocycles. The van der Waals surface area contributed by atoms with Crippen molar-refractivity contribution >= 4 is 38.9 Å². The lowest BCUT2D eigenvalue weighted by molar-refractivity contribution is 0.0787. The van der Waals surface area contributed by atoms with Crippen LogP contribution in [0.1, 0.15) is 27.5 Å². The van der Waals surface area contributed by atoms with Crippen LogP contribution in [0.5, 0.6) is 0 Å². The molecule has 0 bridgehead atoms. The Kier molecular flexibility index (Phi) is 5.36. The number of carbonyl (C=O) groups is 1. The molecule has 1 atom stereocenters. The molecule has 2 rings (SSSR count). The molecule has 11 heteroatoms. The highest BCUT2D eigenvalue weighted by Gasteiger charge is 2.30. The molecule has 0 aliphatic carbocycles. The van der Waals surface area contributed by atoms with Crippen LogP contribution in [0.15, 0.2) is 0 Å². The lowest BCUT2D eigenvalue weighted by Crippen LogP contribution is -2.32. The third kappa shape index (κ3) is 4.34. The highest BCUT2D eigenvalue weighted by molar-refractivity contribution is 7.88. The number of hydrogen-bond acceptors (Lipinski definition) is 5. The van der Waals surface area contributed by atoms with E-state index >= 15 is 0 Å². The van der Waals surface area contributed by atoms with E-state index in [1.165, 1.54) is 4.90 Å². The molecule has 1 aromatic heterocycles. The van der Waals surface area contributed by atoms with Gasteiger partial charge in [-0.15, -0.1) is 11.3 Å². The molecule has 1 fully saturated rings. The molecule has 0 radical (unpaired) electrons. The van der Waals surface area contributed by atoms with Crippen molar-refractivity contribution in [3.8, 4) is 0 Å². The maximum atomic E-state index is 12.7. The average Bonchev–Trinajstić information content (AvgIpc) is 3.01. The van der Waals surface area contributed by atoms with Crippen molar-refractivity contribution in [1.29, 1.82) is 0 Å². The second kappa shape index (κ2) is 6.73. The number of nitrogens with one attached hydrogen (secondary N) is 1. The topological polar surface area (TPSA) is 79.4 Å². The molecule has 2 heterocycles. The van der Waals surface area contributed by atoms with Gasteiger partial charge in [-0.3, -0.25) is 4.79 Å². The van der Waals surface area contributed by atoms with Crippen molar-refractivity contribution in [2.75, 3.05) is 25.9 Å². The molecule has 1 saturated heterocycles. The van der Waals surface area contributed by atoms with Gasteiger partial charge < -0.3 is 4.90 Å². The van der Waals surface area contributed by atoms with E-state index in [0.717, 1.165) is 6.26 Å². The van der Waals surface area contributed by atoms with E-state index in [9.17, 15) is 22.0 Å². The van der Waals surface area contributed by atoms with Gasteiger partial charge in [0.2, 0.25) is 10.0 Å². The first-order chi connectivity index (χ1) is 10.2. The molecule has 1 amide bonds. The summed E-state index contributed by atoms with van der Waals surface area (Å²) >= 11 is 6.18. The molecule has 0 spiro atoms. The lowest BCUT2D eigenvalue weighted by atomic mass is 10.1. The minimum Gasteiger partial charge on any atom is -0.336 e. The molecular weight excluding hydrogens is 360 g/mol. The van der Waals surface area contributed by atoms with Crippen LogP contribution in [-0.4, -0.2) is 50.1 Å². The molecule has 1 aromatic rings. The minimum absolute atomic E-state index is 0.0105. The fourth-order valence-corrected chi connectivity index (χ4v) is 3.78. The number of amides is 1. The quantitative estimate of drug-likeness (QED) is 0.852. The number of halogens is 3. The normalized spacial score (nSPS) is 19.1. The smallest absolute Gasteiger partial charge is 0.282 e. The summed E-state index contributed by atoms with van der Waals surface area (Å²) in [6.07, 6.45) is -1.07. The summed E-state index contributed by atoms with van der Waals surface area (Å²) in [5.41, 5.74) is 0. The van der Waals surface area contributed by atoms with Crippen LogP contribution in [-0.2, 0) is 10.0 Å². The highest BCUT2D eigenvalue weighted by Crippen LogP contribution is 2.33. The number of thiazole rings is 1. The number of nitrogens with zero attached hydrogens (tertiary/aromatic N) is 2. The fourth-order valence-electron chi connectivity index (χ4n) is 2.13. The Morgan fingerprint density at radius 1 is 1.59 bits per heavy atom. The zero-order valence-corrected chi connectivity index (χ0v) is 13.9. The summed E-state index contributed by atoms with van der Waals surface area (Å²) in [7, 11) is -3.28. The number of carbonyl (C=O) groups excluding carboxylic acids is 1. The Morgan fingerprint density at radius 3 is 2.82 bits per heavy atom. The van der Waals surface area contributed by atoms with E-state index in [0.29, 0.717) is 30.8 Å². The Balaban J connectivity index is 1.98. The predicted molar refractivity (Wildman–Crippen MR) is 78.9 cm³/mol. The Morgan fingerprint density at radius 2 is 2.27 bits per heavy atom. The van der Waals surface area contributed by atoms with Gasteiger partial charge in [0.25, 0.3) is 12.3 Å². The molecule has 124 valence electrons. The number of aromatic nitrogens is 1. The summed E-state index contributed by atoms with van der Waals surface area (Å²) in [6.45, 7) is 1.02. The van der Waals surface area contributed by atoms with Crippen LogP contribution in [0, 0.1) is 5.92 Å². The van der Waals surface area contributed by atoms with Gasteiger partial charge in [-0.25, -0.2) is 26.9 Å². The summed E-state index contributed by atoms with van der Waals surface area (Å²) in [5, 5.41) is -0.421. The Labute approximate surface area is 135 Å². The van der Waals surface area contributed by atoms with E-state index in [1.54, 1.807) is 0 Å². The molecule has 1 aliphatic heterocycles. The van der Waals surface area contributed by atoms with Crippen molar-refractivity contribution < 1.29 is 22.0 Å². The Hall–Kier alpha value is -0.840. The van der Waals surface area contributed by atoms with Crippen LogP contribution >= 0.6 is 22.9 Å². The van der Waals surface area contributed by atoms with Gasteiger partial charge in [0, 0.05) is 19.6 Å². The number of sulfonamides is 1. The molecule has 1 aliphatic rings. The summed E-state index contributed by atoms with van der Waals surface area (Å²) in [4.78, 5) is 17.0. The van der Waals surface area contributed by atoms with Crippen molar-refractivity contribution in [2.45, 2.75) is 12.8 Å². The van der Waals surface area contributed by atoms with Crippen LogP contribution in [0.2, 0.25) is 5.15 Å². The summed E-state index contributed by atoms with van der Waals surface area (Å²) in [5.74, 6) is -0.468. The largest absolute Gasteiger partial charge is 0.336 e. The van der Waals surface area contributed by atoms with Gasteiger partial charge in [-0.05, 0) is 12.3 Å². The molecule has 0 aromatic carbocycles. The van der Waals surface area contributed by atoms with Crippen molar-refractivity contribution in [2.24, 2.45) is 5.92 Å². The first-order valence-corrected chi connectivity index (χ1v) is 9.44. The van der Waals surface area contributed by atoms with Crippen molar-refractivity contribution in [1.82, 2.24) is 14.6 Å². The standard InChI is InChI=1S/C11H14ClF2N3O3S2/c1-22(19,20)15-4-6-2-3-17(5-6)11(18)10-16-8(12)7(21-10)9(13)14/h6,9,15H,2-5H2,1H3. The first kappa shape index (κ1) is 17.5. The molecule has 1 N–H and O–H groups in total. The fraction of sp³-hybridized carbons (Fsp3) is 0.636. The second-order valence-corrected chi connectivity index (χ2v) is 8.22. The third-order valence-electron chi connectivity index (χ3n) is 3.20. The Bertz CT molecular complexity index is 666. The molecule has 22 heavy (non-hydrogen) atoms. The van der Waals surface area contributed by atoms with Crippen LogP contribution in [0.25, 0.3) is 0 Å². The zero-order valence-electron chi connectivity index (χ0n) is 11.6.